The van der Waals surface area contributed by atoms with E-state index >= 15 is 0 Å². The number of nitrogens with one attached hydrogen (secondary N) is 1. The van der Waals surface area contributed by atoms with E-state index in [9.17, 15) is 4.79 Å². The first-order valence-electron chi connectivity index (χ1n) is 6.51. The van der Waals surface area contributed by atoms with E-state index in [1.807, 2.05) is 20.8 Å². The van der Waals surface area contributed by atoms with Gasteiger partial charge in [0.25, 0.3) is 0 Å². The summed E-state index contributed by atoms with van der Waals surface area (Å²) in [5, 5.41) is 2.84. The summed E-state index contributed by atoms with van der Waals surface area (Å²) in [6.07, 6.45) is 4.01. The molecule has 4 nitrogen and oxygen atoms in total. The second-order valence-electron chi connectivity index (χ2n) is 6.11. The number of amides is 1. The van der Waals surface area contributed by atoms with Crippen molar-refractivity contribution in [1.82, 2.24) is 5.32 Å². The molecule has 0 heterocycles. The van der Waals surface area contributed by atoms with Crippen LogP contribution < -0.4 is 11.1 Å². The molecule has 0 spiro atoms. The zero-order chi connectivity index (χ0) is 13.1. The van der Waals surface area contributed by atoms with E-state index in [2.05, 4.69) is 12.2 Å². The molecular weight excluding hydrogens is 216 g/mol. The van der Waals surface area contributed by atoms with Gasteiger partial charge in [0, 0.05) is 18.0 Å². The molecule has 1 amide bonds. The Morgan fingerprint density at radius 3 is 2.47 bits per heavy atom. The molecule has 1 unspecified atom stereocenters. The van der Waals surface area contributed by atoms with Crippen molar-refractivity contribution in [3.8, 4) is 0 Å². The minimum atomic E-state index is -0.438. The Morgan fingerprint density at radius 1 is 1.47 bits per heavy atom. The van der Waals surface area contributed by atoms with Gasteiger partial charge in [-0.15, -0.1) is 0 Å². The Bertz CT molecular complexity index is 267. The number of ether oxygens (including phenoxy) is 1. The average Bonchev–Trinajstić information content (AvgIpc) is 2.93. The van der Waals surface area contributed by atoms with Gasteiger partial charge >= 0.3 is 6.09 Å². The van der Waals surface area contributed by atoms with Crippen molar-refractivity contribution in [2.75, 3.05) is 6.54 Å². The van der Waals surface area contributed by atoms with Gasteiger partial charge in [-0.2, -0.15) is 0 Å². The standard InChI is InChI=1S/C13H26N2O2/c1-5-6-10(14)13(7-8-13)9-15-11(16)17-12(2,3)4/h10H,5-9,14H2,1-4H3,(H,15,16). The monoisotopic (exact) mass is 242 g/mol. The molecule has 1 saturated carbocycles. The minimum absolute atomic E-state index is 0.132. The Kier molecular flexibility index (Phi) is 4.42. The number of hydrogen-bond acceptors (Lipinski definition) is 3. The number of alkyl carbamates (subject to hydrolysis) is 1. The Labute approximate surface area is 104 Å². The second kappa shape index (κ2) is 5.25. The lowest BCUT2D eigenvalue weighted by Gasteiger charge is -2.25. The maximum Gasteiger partial charge on any atom is 0.407 e. The summed E-state index contributed by atoms with van der Waals surface area (Å²) in [6, 6.07) is 0.197. The van der Waals surface area contributed by atoms with Crippen LogP contribution in [0.2, 0.25) is 0 Å². The fraction of sp³-hybridized carbons (Fsp3) is 0.923. The lowest BCUT2D eigenvalue weighted by atomic mass is 9.93. The van der Waals surface area contributed by atoms with Gasteiger partial charge in [-0.1, -0.05) is 13.3 Å². The van der Waals surface area contributed by atoms with Crippen molar-refractivity contribution < 1.29 is 9.53 Å². The molecule has 0 aromatic carbocycles. The normalized spacial score (nSPS) is 19.6. The third-order valence-electron chi connectivity index (χ3n) is 3.26. The number of carbonyl (C=O) groups is 1. The second-order valence-corrected chi connectivity index (χ2v) is 6.11. The summed E-state index contributed by atoms with van der Waals surface area (Å²) < 4.78 is 5.21. The molecule has 1 fully saturated rings. The van der Waals surface area contributed by atoms with Crippen LogP contribution in [0, 0.1) is 5.41 Å². The molecule has 4 heteroatoms. The van der Waals surface area contributed by atoms with Crippen molar-refractivity contribution in [3.63, 3.8) is 0 Å². The number of hydrogen-bond donors (Lipinski definition) is 2. The van der Waals surface area contributed by atoms with E-state index in [0.29, 0.717) is 6.54 Å². The first-order chi connectivity index (χ1) is 7.79. The van der Waals surface area contributed by atoms with Crippen LogP contribution in [0.4, 0.5) is 4.79 Å². The molecule has 3 N–H and O–H groups in total. The highest BCUT2D eigenvalue weighted by Crippen LogP contribution is 2.48. The first kappa shape index (κ1) is 14.3. The fourth-order valence-corrected chi connectivity index (χ4v) is 2.02. The minimum Gasteiger partial charge on any atom is -0.444 e. The van der Waals surface area contributed by atoms with Crippen molar-refractivity contribution in [2.45, 2.75) is 65.0 Å². The van der Waals surface area contributed by atoms with Crippen molar-refractivity contribution >= 4 is 6.09 Å². The third-order valence-corrected chi connectivity index (χ3v) is 3.26. The summed E-state index contributed by atoms with van der Waals surface area (Å²) in [6.45, 7) is 8.37. The number of carbonyl (C=O) groups excluding carboxylic acids is 1. The van der Waals surface area contributed by atoms with E-state index in [1.54, 1.807) is 0 Å². The molecule has 1 rings (SSSR count). The molecule has 0 aliphatic heterocycles. The highest BCUT2D eigenvalue weighted by atomic mass is 16.6. The van der Waals surface area contributed by atoms with Gasteiger partial charge in [0.15, 0.2) is 0 Å². The van der Waals surface area contributed by atoms with Crippen LogP contribution in [-0.4, -0.2) is 24.3 Å². The van der Waals surface area contributed by atoms with Crippen molar-refractivity contribution in [1.29, 1.82) is 0 Å². The zero-order valence-electron chi connectivity index (χ0n) is 11.5. The van der Waals surface area contributed by atoms with Crippen molar-refractivity contribution in [3.05, 3.63) is 0 Å². The predicted molar refractivity (Wildman–Crippen MR) is 68.8 cm³/mol. The topological polar surface area (TPSA) is 64.3 Å². The number of nitrogens with two attached hydrogens (primary N) is 1. The van der Waals surface area contributed by atoms with Gasteiger partial charge in [0.05, 0.1) is 0 Å². The van der Waals surface area contributed by atoms with Crippen LogP contribution in [0.5, 0.6) is 0 Å². The lowest BCUT2D eigenvalue weighted by molar-refractivity contribution is 0.0513. The summed E-state index contributed by atoms with van der Waals surface area (Å²) in [7, 11) is 0. The lowest BCUT2D eigenvalue weighted by Crippen LogP contribution is -2.42. The summed E-state index contributed by atoms with van der Waals surface area (Å²) in [5.74, 6) is 0. The molecule has 17 heavy (non-hydrogen) atoms. The summed E-state index contributed by atoms with van der Waals surface area (Å²) >= 11 is 0. The molecule has 0 radical (unpaired) electrons. The quantitative estimate of drug-likeness (QED) is 0.778. The molecule has 0 bridgehead atoms. The van der Waals surface area contributed by atoms with Crippen molar-refractivity contribution in [2.24, 2.45) is 11.1 Å². The molecule has 0 saturated heterocycles. The van der Waals surface area contributed by atoms with Gasteiger partial charge in [0.2, 0.25) is 0 Å². The number of rotatable bonds is 5. The summed E-state index contributed by atoms with van der Waals surface area (Å²) in [5.41, 5.74) is 5.84. The molecule has 0 aromatic rings. The Hall–Kier alpha value is -0.770. The molecule has 1 aliphatic rings. The highest BCUT2D eigenvalue weighted by molar-refractivity contribution is 5.67. The maximum atomic E-state index is 11.5. The smallest absolute Gasteiger partial charge is 0.407 e. The van der Waals surface area contributed by atoms with E-state index in [0.717, 1.165) is 25.7 Å². The fourth-order valence-electron chi connectivity index (χ4n) is 2.02. The highest BCUT2D eigenvalue weighted by Gasteiger charge is 2.47. The summed E-state index contributed by atoms with van der Waals surface area (Å²) in [4.78, 5) is 11.5. The van der Waals surface area contributed by atoms with E-state index in [1.165, 1.54) is 0 Å². The predicted octanol–water partition coefficient (Wildman–Crippen LogP) is 2.42. The maximum absolute atomic E-state index is 11.5. The third kappa shape index (κ3) is 4.54. The van der Waals surface area contributed by atoms with Gasteiger partial charge in [-0.05, 0) is 40.0 Å². The SMILES string of the molecule is CCCC(N)C1(CNC(=O)OC(C)(C)C)CC1. The molecular formula is C13H26N2O2. The average molecular weight is 242 g/mol. The van der Waals surface area contributed by atoms with Crippen LogP contribution >= 0.6 is 0 Å². The van der Waals surface area contributed by atoms with E-state index < -0.39 is 5.60 Å². The van der Waals surface area contributed by atoms with E-state index in [-0.39, 0.29) is 17.6 Å². The van der Waals surface area contributed by atoms with Crippen LogP contribution in [-0.2, 0) is 4.74 Å². The van der Waals surface area contributed by atoms with Gasteiger partial charge in [-0.25, -0.2) is 4.79 Å². The Balaban J connectivity index is 2.33. The van der Waals surface area contributed by atoms with Crippen LogP contribution in [0.25, 0.3) is 0 Å². The van der Waals surface area contributed by atoms with Gasteiger partial charge in [-0.3, -0.25) is 0 Å². The van der Waals surface area contributed by atoms with Crippen LogP contribution in [0.1, 0.15) is 53.4 Å². The zero-order valence-corrected chi connectivity index (χ0v) is 11.5. The Morgan fingerprint density at radius 2 is 2.06 bits per heavy atom. The van der Waals surface area contributed by atoms with E-state index in [4.69, 9.17) is 10.5 Å². The molecule has 1 atom stereocenters. The van der Waals surface area contributed by atoms with Gasteiger partial charge in [0.1, 0.15) is 5.60 Å². The largest absolute Gasteiger partial charge is 0.444 e. The van der Waals surface area contributed by atoms with Crippen LogP contribution in [0.3, 0.4) is 0 Å². The van der Waals surface area contributed by atoms with Gasteiger partial charge < -0.3 is 15.8 Å². The molecule has 100 valence electrons. The molecule has 1 aliphatic carbocycles. The van der Waals surface area contributed by atoms with Crippen LogP contribution in [0.15, 0.2) is 0 Å². The first-order valence-corrected chi connectivity index (χ1v) is 6.51. The molecule has 0 aromatic heterocycles.